The van der Waals surface area contributed by atoms with Crippen LogP contribution in [0.5, 0.6) is 0 Å². The molecule has 1 saturated carbocycles. The number of hydrogen-bond acceptors (Lipinski definition) is 2. The highest BCUT2D eigenvalue weighted by Gasteiger charge is 2.20. The average Bonchev–Trinajstić information content (AvgIpc) is 3.01. The van der Waals surface area contributed by atoms with Gasteiger partial charge in [-0.25, -0.2) is 0 Å². The predicted octanol–water partition coefficient (Wildman–Crippen LogP) is 2.37. The molecule has 0 unspecified atom stereocenters. The zero-order valence-electron chi connectivity index (χ0n) is 8.37. The molecule has 1 aliphatic carbocycles. The van der Waals surface area contributed by atoms with Crippen LogP contribution in [0.3, 0.4) is 0 Å². The molecule has 1 aliphatic rings. The molecular formula is C11H13BrN2O. The molecule has 1 N–H and O–H groups in total. The molecule has 0 aromatic carbocycles. The van der Waals surface area contributed by atoms with E-state index in [9.17, 15) is 4.79 Å². The van der Waals surface area contributed by atoms with Crippen LogP contribution in [0, 0.1) is 5.92 Å². The Balaban J connectivity index is 1.83. The number of aromatic nitrogens is 1. The number of hydrogen-bond donors (Lipinski definition) is 1. The molecule has 0 bridgehead atoms. The summed E-state index contributed by atoms with van der Waals surface area (Å²) in [4.78, 5) is 15.6. The van der Waals surface area contributed by atoms with E-state index in [2.05, 4.69) is 26.2 Å². The number of nitrogens with one attached hydrogen (secondary N) is 1. The van der Waals surface area contributed by atoms with Crippen LogP contribution >= 0.6 is 15.9 Å². The Kier molecular flexibility index (Phi) is 3.36. The van der Waals surface area contributed by atoms with Crippen molar-refractivity contribution < 1.29 is 4.79 Å². The molecular weight excluding hydrogens is 256 g/mol. The minimum atomic E-state index is -0.0375. The van der Waals surface area contributed by atoms with Gasteiger partial charge in [0.15, 0.2) is 0 Å². The van der Waals surface area contributed by atoms with Crippen LogP contribution in [0.25, 0.3) is 0 Å². The topological polar surface area (TPSA) is 42.0 Å². The molecule has 0 atom stereocenters. The van der Waals surface area contributed by atoms with Crippen molar-refractivity contribution in [2.45, 2.75) is 19.3 Å². The first-order valence-corrected chi connectivity index (χ1v) is 5.94. The monoisotopic (exact) mass is 268 g/mol. The second-order valence-electron chi connectivity index (χ2n) is 3.88. The number of carbonyl (C=O) groups is 1. The maximum atomic E-state index is 11.6. The molecule has 0 aliphatic heterocycles. The molecule has 1 aromatic rings. The normalized spacial score (nSPS) is 15.0. The Bertz CT molecular complexity index is 363. The van der Waals surface area contributed by atoms with Gasteiger partial charge in [0, 0.05) is 23.4 Å². The van der Waals surface area contributed by atoms with Gasteiger partial charge in [-0.15, -0.1) is 0 Å². The SMILES string of the molecule is O=C(NCCC1CC1)c1cncc(Br)c1. The van der Waals surface area contributed by atoms with Gasteiger partial charge >= 0.3 is 0 Å². The zero-order chi connectivity index (χ0) is 10.7. The van der Waals surface area contributed by atoms with Crippen molar-refractivity contribution >= 4 is 21.8 Å². The Hall–Kier alpha value is -0.900. The van der Waals surface area contributed by atoms with Crippen molar-refractivity contribution in [1.82, 2.24) is 10.3 Å². The minimum absolute atomic E-state index is 0.0375. The van der Waals surface area contributed by atoms with Crippen LogP contribution in [-0.4, -0.2) is 17.4 Å². The lowest BCUT2D eigenvalue weighted by Gasteiger charge is -2.04. The van der Waals surface area contributed by atoms with Crippen molar-refractivity contribution in [2.24, 2.45) is 5.92 Å². The smallest absolute Gasteiger partial charge is 0.252 e. The second kappa shape index (κ2) is 4.75. The van der Waals surface area contributed by atoms with Gasteiger partial charge in [0.05, 0.1) is 5.56 Å². The van der Waals surface area contributed by atoms with Crippen LogP contribution in [-0.2, 0) is 0 Å². The van der Waals surface area contributed by atoms with Crippen LogP contribution in [0.1, 0.15) is 29.6 Å². The molecule has 1 aromatic heterocycles. The van der Waals surface area contributed by atoms with Gasteiger partial charge in [-0.2, -0.15) is 0 Å². The first-order chi connectivity index (χ1) is 7.25. The molecule has 0 spiro atoms. The molecule has 1 amide bonds. The lowest BCUT2D eigenvalue weighted by Crippen LogP contribution is -2.24. The predicted molar refractivity (Wildman–Crippen MR) is 61.6 cm³/mol. The third-order valence-corrected chi connectivity index (χ3v) is 2.94. The first kappa shape index (κ1) is 10.6. The summed E-state index contributed by atoms with van der Waals surface area (Å²) in [6.07, 6.45) is 7.01. The number of rotatable bonds is 4. The standard InChI is InChI=1S/C11H13BrN2O/c12-10-5-9(6-13-7-10)11(15)14-4-3-8-1-2-8/h5-8H,1-4H2,(H,14,15). The third-order valence-electron chi connectivity index (χ3n) is 2.50. The molecule has 0 radical (unpaired) electrons. The summed E-state index contributed by atoms with van der Waals surface area (Å²) in [5.74, 6) is 0.815. The molecule has 1 heterocycles. The van der Waals surface area contributed by atoms with Gasteiger partial charge in [0.25, 0.3) is 5.91 Å². The maximum absolute atomic E-state index is 11.6. The molecule has 80 valence electrons. The number of nitrogens with zero attached hydrogens (tertiary/aromatic N) is 1. The van der Waals surface area contributed by atoms with Crippen LogP contribution in [0.4, 0.5) is 0 Å². The van der Waals surface area contributed by atoms with Crippen molar-refractivity contribution in [2.75, 3.05) is 6.54 Å². The number of pyridine rings is 1. The quantitative estimate of drug-likeness (QED) is 0.911. The van der Waals surface area contributed by atoms with Crippen LogP contribution in [0.2, 0.25) is 0 Å². The van der Waals surface area contributed by atoms with Crippen molar-refractivity contribution in [3.63, 3.8) is 0 Å². The Morgan fingerprint density at radius 1 is 1.53 bits per heavy atom. The molecule has 2 rings (SSSR count). The fourth-order valence-corrected chi connectivity index (χ4v) is 1.80. The van der Waals surface area contributed by atoms with Gasteiger partial charge in [-0.1, -0.05) is 12.8 Å². The number of carbonyl (C=O) groups excluding carboxylic acids is 1. The Morgan fingerprint density at radius 3 is 3.00 bits per heavy atom. The second-order valence-corrected chi connectivity index (χ2v) is 4.80. The summed E-state index contributed by atoms with van der Waals surface area (Å²) in [5, 5.41) is 2.90. The van der Waals surface area contributed by atoms with E-state index < -0.39 is 0 Å². The van der Waals surface area contributed by atoms with E-state index in [-0.39, 0.29) is 5.91 Å². The van der Waals surface area contributed by atoms with Gasteiger partial charge in [-0.3, -0.25) is 9.78 Å². The highest BCUT2D eigenvalue weighted by Crippen LogP contribution is 2.31. The van der Waals surface area contributed by atoms with Crippen LogP contribution in [0.15, 0.2) is 22.9 Å². The lowest BCUT2D eigenvalue weighted by atomic mass is 10.2. The Labute approximate surface area is 97.4 Å². The van der Waals surface area contributed by atoms with Gasteiger partial charge in [0.2, 0.25) is 0 Å². The van der Waals surface area contributed by atoms with Gasteiger partial charge in [0.1, 0.15) is 0 Å². The summed E-state index contributed by atoms with van der Waals surface area (Å²) < 4.78 is 0.831. The fourth-order valence-electron chi connectivity index (χ4n) is 1.43. The van der Waals surface area contributed by atoms with E-state index in [0.717, 1.165) is 23.4 Å². The van der Waals surface area contributed by atoms with E-state index in [1.54, 1.807) is 18.5 Å². The van der Waals surface area contributed by atoms with Crippen molar-refractivity contribution in [3.05, 3.63) is 28.5 Å². The van der Waals surface area contributed by atoms with Crippen molar-refractivity contribution in [1.29, 1.82) is 0 Å². The molecule has 3 nitrogen and oxygen atoms in total. The molecule has 15 heavy (non-hydrogen) atoms. The van der Waals surface area contributed by atoms with E-state index in [1.165, 1.54) is 12.8 Å². The van der Waals surface area contributed by atoms with E-state index in [4.69, 9.17) is 0 Å². The summed E-state index contributed by atoms with van der Waals surface area (Å²) in [5.41, 5.74) is 0.611. The minimum Gasteiger partial charge on any atom is -0.352 e. The number of halogens is 1. The van der Waals surface area contributed by atoms with E-state index in [1.807, 2.05) is 0 Å². The van der Waals surface area contributed by atoms with Gasteiger partial charge in [-0.05, 0) is 34.3 Å². The summed E-state index contributed by atoms with van der Waals surface area (Å²) in [6.45, 7) is 0.774. The highest BCUT2D eigenvalue weighted by atomic mass is 79.9. The largest absolute Gasteiger partial charge is 0.352 e. The summed E-state index contributed by atoms with van der Waals surface area (Å²) >= 11 is 3.29. The average molecular weight is 269 g/mol. The van der Waals surface area contributed by atoms with Gasteiger partial charge < -0.3 is 5.32 Å². The zero-order valence-corrected chi connectivity index (χ0v) is 9.96. The fraction of sp³-hybridized carbons (Fsp3) is 0.455. The van der Waals surface area contributed by atoms with Crippen molar-refractivity contribution in [3.8, 4) is 0 Å². The van der Waals surface area contributed by atoms with Crippen LogP contribution < -0.4 is 5.32 Å². The maximum Gasteiger partial charge on any atom is 0.252 e. The highest BCUT2D eigenvalue weighted by molar-refractivity contribution is 9.10. The van der Waals surface area contributed by atoms with E-state index >= 15 is 0 Å². The summed E-state index contributed by atoms with van der Waals surface area (Å²) in [7, 11) is 0. The Morgan fingerprint density at radius 2 is 2.33 bits per heavy atom. The molecule has 0 saturated heterocycles. The first-order valence-electron chi connectivity index (χ1n) is 5.14. The third kappa shape index (κ3) is 3.30. The molecule has 4 heteroatoms. The summed E-state index contributed by atoms with van der Waals surface area (Å²) in [6, 6.07) is 1.78. The molecule has 1 fully saturated rings. The number of amides is 1. The lowest BCUT2D eigenvalue weighted by molar-refractivity contribution is 0.0952. The van der Waals surface area contributed by atoms with E-state index in [0.29, 0.717) is 5.56 Å².